The lowest BCUT2D eigenvalue weighted by Crippen LogP contribution is -2.45. The van der Waals surface area contributed by atoms with Crippen LogP contribution in [0.2, 0.25) is 0 Å². The summed E-state index contributed by atoms with van der Waals surface area (Å²) in [5, 5.41) is 3.02. The van der Waals surface area contributed by atoms with Crippen LogP contribution in [0.25, 0.3) is 22.2 Å². The molecule has 2 amide bonds. The van der Waals surface area contributed by atoms with E-state index in [1.807, 2.05) is 0 Å². The predicted molar refractivity (Wildman–Crippen MR) is 108 cm³/mol. The molecule has 0 spiro atoms. The molecule has 5 nitrogen and oxygen atoms in total. The number of benzene rings is 2. The maximum atomic E-state index is 13.5. The second-order valence-corrected chi connectivity index (χ2v) is 7.30. The summed E-state index contributed by atoms with van der Waals surface area (Å²) in [7, 11) is 0. The van der Waals surface area contributed by atoms with Crippen LogP contribution in [-0.4, -0.2) is 22.8 Å². The smallest absolute Gasteiger partial charge is 0.239 e. The van der Waals surface area contributed by atoms with Crippen molar-refractivity contribution in [3.05, 3.63) is 59.9 Å². The van der Waals surface area contributed by atoms with E-state index in [1.54, 1.807) is 25.1 Å². The minimum Gasteiger partial charge on any atom is -0.368 e. The normalized spacial score (nSPS) is 14.4. The van der Waals surface area contributed by atoms with Gasteiger partial charge in [-0.05, 0) is 61.7 Å². The minimum absolute atomic E-state index is 0.0347. The number of hydrogen-bond donors (Lipinski definition) is 3. The first-order valence-corrected chi connectivity index (χ1v) is 9.58. The largest absolute Gasteiger partial charge is 0.368 e. The second kappa shape index (κ2) is 9.02. The molecular weight excluding hydrogens is 395 g/mol. The quantitative estimate of drug-likeness (QED) is 0.599. The number of nitrogens with one attached hydrogen (secondary N) is 2. The summed E-state index contributed by atoms with van der Waals surface area (Å²) >= 11 is 0. The van der Waals surface area contributed by atoms with Gasteiger partial charge in [-0.25, -0.2) is 13.2 Å². The molecule has 3 aromatic rings. The summed E-state index contributed by atoms with van der Waals surface area (Å²) in [5.74, 6) is -2.00. The fourth-order valence-electron chi connectivity index (χ4n) is 3.02. The molecule has 1 atom stereocenters. The maximum absolute atomic E-state index is 13.5. The fourth-order valence-corrected chi connectivity index (χ4v) is 3.02. The number of amides is 2. The number of rotatable bonds is 4. The molecule has 1 aromatic heterocycles. The van der Waals surface area contributed by atoms with E-state index in [4.69, 9.17) is 5.73 Å². The number of carbonyl (C=O) groups excluding carboxylic acids is 2. The molecule has 8 heteroatoms. The number of aromatic nitrogens is 1. The zero-order valence-electron chi connectivity index (χ0n) is 16.3. The first-order chi connectivity index (χ1) is 14.2. The zero-order chi connectivity index (χ0) is 21.8. The lowest BCUT2D eigenvalue weighted by molar-refractivity contribution is -0.131. The summed E-state index contributed by atoms with van der Waals surface area (Å²) in [4.78, 5) is 24.7. The van der Waals surface area contributed by atoms with Gasteiger partial charge in [0.05, 0.1) is 5.52 Å². The fraction of sp³-hybridized carbons (Fsp3) is 0.273. The van der Waals surface area contributed by atoms with Crippen molar-refractivity contribution >= 4 is 22.7 Å². The molecular formula is C22H22F3N3O2. The summed E-state index contributed by atoms with van der Waals surface area (Å²) < 4.78 is 39.4. The number of fused-ring (bicyclic) bond motifs is 1. The van der Waals surface area contributed by atoms with Crippen LogP contribution in [0.1, 0.15) is 26.2 Å². The van der Waals surface area contributed by atoms with Gasteiger partial charge in [0.2, 0.25) is 11.8 Å². The van der Waals surface area contributed by atoms with Gasteiger partial charge in [-0.2, -0.15) is 0 Å². The molecule has 0 aliphatic heterocycles. The van der Waals surface area contributed by atoms with Crippen molar-refractivity contribution in [2.45, 2.75) is 32.2 Å². The van der Waals surface area contributed by atoms with Crippen molar-refractivity contribution in [2.24, 2.45) is 11.7 Å². The van der Waals surface area contributed by atoms with Gasteiger partial charge in [0.1, 0.15) is 23.5 Å². The maximum Gasteiger partial charge on any atom is 0.239 e. The van der Waals surface area contributed by atoms with Crippen LogP contribution >= 0.6 is 0 Å². The molecule has 4 rings (SSSR count). The number of H-pyrrole nitrogens is 1. The molecule has 0 bridgehead atoms. The van der Waals surface area contributed by atoms with E-state index in [0.29, 0.717) is 16.6 Å². The summed E-state index contributed by atoms with van der Waals surface area (Å²) in [6.07, 6.45) is 3.00. The van der Waals surface area contributed by atoms with Gasteiger partial charge < -0.3 is 16.0 Å². The van der Waals surface area contributed by atoms with Crippen LogP contribution in [0, 0.1) is 23.4 Å². The van der Waals surface area contributed by atoms with E-state index in [9.17, 15) is 22.8 Å². The Morgan fingerprint density at radius 3 is 2.30 bits per heavy atom. The second-order valence-electron chi connectivity index (χ2n) is 7.30. The van der Waals surface area contributed by atoms with Crippen LogP contribution in [0.15, 0.2) is 42.5 Å². The average Bonchev–Trinajstić information content (AvgIpc) is 3.05. The van der Waals surface area contributed by atoms with Gasteiger partial charge >= 0.3 is 0 Å². The summed E-state index contributed by atoms with van der Waals surface area (Å²) in [5.41, 5.74) is 6.57. The van der Waals surface area contributed by atoms with Gasteiger partial charge in [0, 0.05) is 23.1 Å². The Morgan fingerprint density at radius 1 is 1.07 bits per heavy atom. The van der Waals surface area contributed by atoms with Crippen molar-refractivity contribution in [1.82, 2.24) is 10.3 Å². The van der Waals surface area contributed by atoms with E-state index in [2.05, 4.69) is 10.3 Å². The highest BCUT2D eigenvalue weighted by atomic mass is 19.1. The summed E-state index contributed by atoms with van der Waals surface area (Å²) in [6.45, 7) is 1.60. The number of primary amides is 1. The topological polar surface area (TPSA) is 88.0 Å². The SMILES string of the molecule is CC(NC(=O)C1CCC1)C(N)=O.Fc1ccc(-c2cc3cc(F)cc(F)c3[nH]2)cc1. The Kier molecular flexibility index (Phi) is 6.44. The Labute approximate surface area is 171 Å². The zero-order valence-corrected chi connectivity index (χ0v) is 16.3. The Bertz CT molecular complexity index is 1060. The number of halogens is 3. The molecule has 1 aliphatic carbocycles. The minimum atomic E-state index is -0.640. The number of aromatic amines is 1. The van der Waals surface area contributed by atoms with E-state index >= 15 is 0 Å². The first kappa shape index (κ1) is 21.4. The highest BCUT2D eigenvalue weighted by Gasteiger charge is 2.26. The molecule has 30 heavy (non-hydrogen) atoms. The average molecular weight is 417 g/mol. The molecule has 0 radical (unpaired) electrons. The van der Waals surface area contributed by atoms with Crippen molar-refractivity contribution in [3.8, 4) is 11.3 Å². The van der Waals surface area contributed by atoms with Crippen LogP contribution in [0.4, 0.5) is 13.2 Å². The van der Waals surface area contributed by atoms with E-state index in [0.717, 1.165) is 25.3 Å². The monoisotopic (exact) mass is 417 g/mol. The third-order valence-electron chi connectivity index (χ3n) is 5.06. The van der Waals surface area contributed by atoms with Crippen LogP contribution < -0.4 is 11.1 Å². The third-order valence-corrected chi connectivity index (χ3v) is 5.06. The van der Waals surface area contributed by atoms with Gasteiger partial charge in [0.25, 0.3) is 0 Å². The molecule has 1 saturated carbocycles. The molecule has 4 N–H and O–H groups in total. The molecule has 0 saturated heterocycles. The van der Waals surface area contributed by atoms with Crippen molar-refractivity contribution < 1.29 is 22.8 Å². The van der Waals surface area contributed by atoms with Crippen LogP contribution in [0.5, 0.6) is 0 Å². The molecule has 2 aromatic carbocycles. The molecule has 1 fully saturated rings. The molecule has 1 aliphatic rings. The van der Waals surface area contributed by atoms with Crippen molar-refractivity contribution in [2.75, 3.05) is 0 Å². The van der Waals surface area contributed by atoms with Crippen molar-refractivity contribution in [1.29, 1.82) is 0 Å². The molecule has 1 unspecified atom stereocenters. The molecule has 1 heterocycles. The van der Waals surface area contributed by atoms with Crippen LogP contribution in [-0.2, 0) is 9.59 Å². The number of hydrogen-bond acceptors (Lipinski definition) is 2. The van der Waals surface area contributed by atoms with E-state index in [1.165, 1.54) is 18.2 Å². The van der Waals surface area contributed by atoms with Crippen molar-refractivity contribution in [3.63, 3.8) is 0 Å². The van der Waals surface area contributed by atoms with Gasteiger partial charge in [0.15, 0.2) is 0 Å². The van der Waals surface area contributed by atoms with Gasteiger partial charge in [-0.1, -0.05) is 6.42 Å². The van der Waals surface area contributed by atoms with Gasteiger partial charge in [-0.3, -0.25) is 9.59 Å². The molecule has 158 valence electrons. The Morgan fingerprint density at radius 2 is 1.73 bits per heavy atom. The Balaban J connectivity index is 0.000000187. The standard InChI is InChI=1S/C14H8F3N.C8H14N2O2/c15-10-3-1-8(2-4-10)13-6-9-5-11(16)7-12(17)14(9)18-13;1-5(7(9)11)10-8(12)6-3-2-4-6/h1-7,18H;5-6H,2-4H2,1H3,(H2,9,11)(H,10,12). The number of carbonyl (C=O) groups is 2. The first-order valence-electron chi connectivity index (χ1n) is 9.58. The predicted octanol–water partition coefficient (Wildman–Crippen LogP) is 4.03. The van der Waals surface area contributed by atoms with E-state index in [-0.39, 0.29) is 23.2 Å². The lowest BCUT2D eigenvalue weighted by Gasteiger charge is -2.25. The Hall–Kier alpha value is -3.29. The highest BCUT2D eigenvalue weighted by Crippen LogP contribution is 2.27. The van der Waals surface area contributed by atoms with Crippen LogP contribution in [0.3, 0.4) is 0 Å². The third kappa shape index (κ3) is 5.00. The lowest BCUT2D eigenvalue weighted by atomic mass is 9.84. The summed E-state index contributed by atoms with van der Waals surface area (Å²) in [6, 6.07) is 8.96. The van der Waals surface area contributed by atoms with Gasteiger partial charge in [-0.15, -0.1) is 0 Å². The highest BCUT2D eigenvalue weighted by molar-refractivity contribution is 5.87. The van der Waals surface area contributed by atoms with E-state index < -0.39 is 23.6 Å². The number of nitrogens with two attached hydrogens (primary N) is 1.